The number of aryl methyl sites for hydroxylation is 1. The van der Waals surface area contributed by atoms with Crippen LogP contribution in [0.15, 0.2) is 102 Å². The molecule has 0 aliphatic heterocycles. The normalized spacial score (nSPS) is 13.7. The van der Waals surface area contributed by atoms with E-state index in [1.54, 1.807) is 13.1 Å². The fraction of sp³-hybridized carbons (Fsp3) is 0.290. The number of halogens is 1. The van der Waals surface area contributed by atoms with E-state index in [9.17, 15) is 4.39 Å². The number of allylic oxidation sites excluding steroid dienone is 1. The Bertz CT molecular complexity index is 1060. The van der Waals surface area contributed by atoms with E-state index in [0.717, 1.165) is 48.1 Å². The molecule has 3 aromatic carbocycles. The number of alkyl halides is 1. The van der Waals surface area contributed by atoms with E-state index in [2.05, 4.69) is 72.2 Å². The molecule has 2 nitrogen and oxygen atoms in total. The summed E-state index contributed by atoms with van der Waals surface area (Å²) in [6.45, 7) is 7.57. The van der Waals surface area contributed by atoms with Crippen LogP contribution in [-0.2, 0) is 6.42 Å². The lowest BCUT2D eigenvalue weighted by Gasteiger charge is -2.18. The first-order valence-electron chi connectivity index (χ1n) is 12.2. The SMILES string of the molecule is C=CCCc1ccc(C=NN=C(c2ccccc2)c2ccc(C(CCC)CC(C)F)cc2)cc1. The summed E-state index contributed by atoms with van der Waals surface area (Å²) in [6, 6.07) is 26.8. The van der Waals surface area contributed by atoms with Crippen molar-refractivity contribution in [2.24, 2.45) is 10.2 Å². The van der Waals surface area contributed by atoms with Crippen molar-refractivity contribution in [2.45, 2.75) is 58.0 Å². The average molecular weight is 455 g/mol. The second-order valence-corrected chi connectivity index (χ2v) is 8.75. The monoisotopic (exact) mass is 454 g/mol. The summed E-state index contributed by atoms with van der Waals surface area (Å²) >= 11 is 0. The van der Waals surface area contributed by atoms with Crippen LogP contribution < -0.4 is 0 Å². The smallest absolute Gasteiger partial charge is 0.100 e. The third-order valence-electron chi connectivity index (χ3n) is 5.93. The third-order valence-corrected chi connectivity index (χ3v) is 5.93. The molecule has 0 aromatic heterocycles. The molecule has 0 heterocycles. The van der Waals surface area contributed by atoms with Gasteiger partial charge in [-0.3, -0.25) is 0 Å². The zero-order valence-corrected chi connectivity index (χ0v) is 20.3. The zero-order chi connectivity index (χ0) is 24.2. The van der Waals surface area contributed by atoms with Crippen molar-refractivity contribution in [1.82, 2.24) is 0 Å². The van der Waals surface area contributed by atoms with Gasteiger partial charge in [0, 0.05) is 11.1 Å². The van der Waals surface area contributed by atoms with Gasteiger partial charge in [-0.05, 0) is 55.2 Å². The average Bonchev–Trinajstić information content (AvgIpc) is 2.86. The van der Waals surface area contributed by atoms with Crippen LogP contribution in [0.5, 0.6) is 0 Å². The highest BCUT2D eigenvalue weighted by molar-refractivity contribution is 6.13. The Balaban J connectivity index is 1.84. The Kier molecular flexibility index (Phi) is 9.97. The molecule has 0 bridgehead atoms. The summed E-state index contributed by atoms with van der Waals surface area (Å²) in [5.74, 6) is 0.239. The Morgan fingerprint density at radius 2 is 1.62 bits per heavy atom. The minimum absolute atomic E-state index is 0.239. The van der Waals surface area contributed by atoms with Gasteiger partial charge in [-0.15, -0.1) is 11.7 Å². The molecule has 0 amide bonds. The molecule has 0 N–H and O–H groups in total. The molecule has 0 aliphatic rings. The van der Waals surface area contributed by atoms with E-state index < -0.39 is 6.17 Å². The lowest BCUT2D eigenvalue weighted by Crippen LogP contribution is -2.07. The molecule has 0 radical (unpaired) electrons. The zero-order valence-electron chi connectivity index (χ0n) is 20.3. The first-order valence-corrected chi connectivity index (χ1v) is 12.2. The van der Waals surface area contributed by atoms with E-state index in [0.29, 0.717) is 6.42 Å². The van der Waals surface area contributed by atoms with Gasteiger partial charge in [-0.2, -0.15) is 5.10 Å². The van der Waals surface area contributed by atoms with Crippen LogP contribution in [0.25, 0.3) is 0 Å². The molecule has 0 saturated heterocycles. The quantitative estimate of drug-likeness (QED) is 0.149. The van der Waals surface area contributed by atoms with Gasteiger partial charge in [0.05, 0.1) is 12.4 Å². The maximum atomic E-state index is 13.7. The van der Waals surface area contributed by atoms with Gasteiger partial charge < -0.3 is 0 Å². The first-order chi connectivity index (χ1) is 16.6. The van der Waals surface area contributed by atoms with Crippen molar-refractivity contribution in [3.05, 3.63) is 119 Å². The van der Waals surface area contributed by atoms with Crippen molar-refractivity contribution < 1.29 is 4.39 Å². The van der Waals surface area contributed by atoms with Gasteiger partial charge in [0.15, 0.2) is 0 Å². The fourth-order valence-electron chi connectivity index (χ4n) is 4.14. The van der Waals surface area contributed by atoms with Crippen LogP contribution in [0.1, 0.15) is 73.3 Å². The first kappa shape index (κ1) is 25.3. The van der Waals surface area contributed by atoms with Crippen LogP contribution in [0.4, 0.5) is 4.39 Å². The van der Waals surface area contributed by atoms with Crippen molar-refractivity contribution in [3.8, 4) is 0 Å². The summed E-state index contributed by atoms with van der Waals surface area (Å²) in [5.41, 5.74) is 6.30. The Hall–Kier alpha value is -3.33. The minimum atomic E-state index is -0.803. The standard InChI is InChI=1S/C31H35FN2/c1-4-6-11-25-14-16-26(17-15-25)23-33-34-31(28-12-8-7-9-13-28)29-20-18-27(19-21-29)30(10-5-2)22-24(3)32/h4,7-9,12-21,23-24,30H,1,5-6,10-11,22H2,2-3H3. The molecule has 3 heteroatoms. The molecule has 34 heavy (non-hydrogen) atoms. The highest BCUT2D eigenvalue weighted by Gasteiger charge is 2.15. The fourth-order valence-corrected chi connectivity index (χ4v) is 4.14. The van der Waals surface area contributed by atoms with Gasteiger partial charge in [0.25, 0.3) is 0 Å². The predicted octanol–water partition coefficient (Wildman–Crippen LogP) is 8.31. The van der Waals surface area contributed by atoms with E-state index in [-0.39, 0.29) is 5.92 Å². The summed E-state index contributed by atoms with van der Waals surface area (Å²) in [7, 11) is 0. The van der Waals surface area contributed by atoms with Crippen molar-refractivity contribution >= 4 is 11.9 Å². The molecule has 0 saturated carbocycles. The molecule has 0 aliphatic carbocycles. The van der Waals surface area contributed by atoms with Crippen LogP contribution in [0.3, 0.4) is 0 Å². The minimum Gasteiger partial charge on any atom is -0.248 e. The second kappa shape index (κ2) is 13.4. The molecular weight excluding hydrogens is 419 g/mol. The molecule has 0 fully saturated rings. The molecular formula is C31H35FN2. The topological polar surface area (TPSA) is 24.7 Å². The number of hydrogen-bond donors (Lipinski definition) is 0. The second-order valence-electron chi connectivity index (χ2n) is 8.75. The van der Waals surface area contributed by atoms with Crippen LogP contribution in [-0.4, -0.2) is 18.1 Å². The predicted molar refractivity (Wildman–Crippen MR) is 144 cm³/mol. The van der Waals surface area contributed by atoms with Gasteiger partial charge in [0.1, 0.15) is 5.71 Å². The van der Waals surface area contributed by atoms with E-state index >= 15 is 0 Å². The summed E-state index contributed by atoms with van der Waals surface area (Å²) < 4.78 is 13.7. The van der Waals surface area contributed by atoms with Gasteiger partial charge in [-0.25, -0.2) is 4.39 Å². The Labute approximate surface area is 204 Å². The molecule has 176 valence electrons. The molecule has 2 atom stereocenters. The molecule has 3 aromatic rings. The summed E-state index contributed by atoms with van der Waals surface area (Å²) in [4.78, 5) is 0. The van der Waals surface area contributed by atoms with Gasteiger partial charge in [-0.1, -0.05) is 98.3 Å². The third kappa shape index (κ3) is 7.62. The lowest BCUT2D eigenvalue weighted by molar-refractivity contribution is 0.312. The van der Waals surface area contributed by atoms with Gasteiger partial charge >= 0.3 is 0 Å². The van der Waals surface area contributed by atoms with E-state index in [1.807, 2.05) is 36.4 Å². The number of benzene rings is 3. The number of rotatable bonds is 12. The number of hydrogen-bond acceptors (Lipinski definition) is 2. The lowest BCUT2D eigenvalue weighted by atomic mass is 9.89. The highest BCUT2D eigenvalue weighted by atomic mass is 19.1. The van der Waals surface area contributed by atoms with Crippen LogP contribution in [0, 0.1) is 0 Å². The largest absolute Gasteiger partial charge is 0.248 e. The molecule has 0 spiro atoms. The Morgan fingerprint density at radius 3 is 2.24 bits per heavy atom. The van der Waals surface area contributed by atoms with Crippen molar-refractivity contribution in [3.63, 3.8) is 0 Å². The van der Waals surface area contributed by atoms with Crippen LogP contribution >= 0.6 is 0 Å². The number of nitrogens with zero attached hydrogens (tertiary/aromatic N) is 2. The molecule has 3 rings (SSSR count). The maximum Gasteiger partial charge on any atom is 0.100 e. The van der Waals surface area contributed by atoms with Crippen molar-refractivity contribution in [2.75, 3.05) is 0 Å². The summed E-state index contributed by atoms with van der Waals surface area (Å²) in [5, 5.41) is 9.01. The van der Waals surface area contributed by atoms with E-state index in [1.165, 1.54) is 11.1 Å². The maximum absolute atomic E-state index is 13.7. The van der Waals surface area contributed by atoms with Crippen LogP contribution in [0.2, 0.25) is 0 Å². The highest BCUT2D eigenvalue weighted by Crippen LogP contribution is 2.28. The van der Waals surface area contributed by atoms with E-state index in [4.69, 9.17) is 0 Å². The Morgan fingerprint density at radius 1 is 0.941 bits per heavy atom. The van der Waals surface area contributed by atoms with Crippen molar-refractivity contribution in [1.29, 1.82) is 0 Å². The molecule has 2 unspecified atom stereocenters. The van der Waals surface area contributed by atoms with Gasteiger partial charge in [0.2, 0.25) is 0 Å². The summed E-state index contributed by atoms with van der Waals surface area (Å²) in [6.07, 6.45) is 7.48.